The Labute approximate surface area is 176 Å². The average molecular weight is 401 g/mol. The molecule has 0 radical (unpaired) electrons. The Balaban J connectivity index is 0.000000956. The molecule has 0 saturated heterocycles. The Morgan fingerprint density at radius 1 is 1.03 bits per heavy atom. The van der Waals surface area contributed by atoms with Gasteiger partial charge in [0.15, 0.2) is 0 Å². The molecule has 0 bridgehead atoms. The van der Waals surface area contributed by atoms with E-state index in [0.717, 1.165) is 11.6 Å². The first-order valence-corrected chi connectivity index (χ1v) is 10.0. The Kier molecular flexibility index (Phi) is 10.7. The van der Waals surface area contributed by atoms with Gasteiger partial charge in [0.2, 0.25) is 0 Å². The normalized spacial score (nSPS) is 18.1. The van der Waals surface area contributed by atoms with Crippen LogP contribution in [0.5, 0.6) is 0 Å². The number of carbonyl (C=O) groups excluding carboxylic acids is 2. The van der Waals surface area contributed by atoms with Gasteiger partial charge in [-0.3, -0.25) is 0 Å². The first-order chi connectivity index (χ1) is 13.2. The van der Waals surface area contributed by atoms with Crippen LogP contribution in [0.25, 0.3) is 0 Å². The molecular formula is C25H36O4-2. The molecule has 0 amide bonds. The monoisotopic (exact) mass is 400 g/mol. The summed E-state index contributed by atoms with van der Waals surface area (Å²) in [5, 5.41) is 20.3. The summed E-state index contributed by atoms with van der Waals surface area (Å²) in [6.45, 7) is 15.4. The molecule has 162 valence electrons. The van der Waals surface area contributed by atoms with Crippen molar-refractivity contribution in [3.05, 3.63) is 58.7 Å². The summed E-state index contributed by atoms with van der Waals surface area (Å²) in [4.78, 5) is 20.3. The first-order valence-electron chi connectivity index (χ1n) is 10.0. The lowest BCUT2D eigenvalue weighted by Gasteiger charge is -2.32. The van der Waals surface area contributed by atoms with E-state index in [2.05, 4.69) is 32.9 Å². The fourth-order valence-electron chi connectivity index (χ4n) is 2.87. The first kappa shape index (κ1) is 26.6. The fourth-order valence-corrected chi connectivity index (χ4v) is 2.87. The summed E-state index contributed by atoms with van der Waals surface area (Å²) in [6.07, 6.45) is 14.8. The molecule has 0 heterocycles. The Bertz CT molecular complexity index is 735. The van der Waals surface area contributed by atoms with Crippen molar-refractivity contribution < 1.29 is 19.8 Å². The molecule has 0 fully saturated rings. The van der Waals surface area contributed by atoms with Crippen LogP contribution in [-0.4, -0.2) is 11.9 Å². The summed E-state index contributed by atoms with van der Waals surface area (Å²) in [7, 11) is 0. The van der Waals surface area contributed by atoms with Crippen LogP contribution in [0.1, 0.15) is 74.7 Å². The number of hydrogen-bond acceptors (Lipinski definition) is 4. The Morgan fingerprint density at radius 2 is 1.59 bits per heavy atom. The molecule has 0 aliphatic heterocycles. The van der Waals surface area contributed by atoms with Gasteiger partial charge in [0.1, 0.15) is 0 Å². The second-order valence-corrected chi connectivity index (χ2v) is 9.28. The standard InChI is InChI=1S/C20H28O2.C5H10O2/c1-15(8-6-9-16(2)14-19(21)22)11-12-18-17(3)10-7-13-20(18,4)5;1-5(2,3)4(6)7/h6,8-9,11-12,14H,7,10,13H2,1-5H3,(H,21,22);1-3H3,(H,6,7)/p-2/b9-6+,12-11+,15-8+,16-14+;. The van der Waals surface area contributed by atoms with Gasteiger partial charge in [-0.25, -0.2) is 0 Å². The Morgan fingerprint density at radius 3 is 2.03 bits per heavy atom. The van der Waals surface area contributed by atoms with E-state index in [1.54, 1.807) is 33.8 Å². The van der Waals surface area contributed by atoms with Crippen LogP contribution in [0.4, 0.5) is 0 Å². The number of aliphatic carboxylic acids is 2. The molecule has 0 aromatic carbocycles. The quantitative estimate of drug-likeness (QED) is 0.515. The molecule has 4 nitrogen and oxygen atoms in total. The van der Waals surface area contributed by atoms with Crippen molar-refractivity contribution in [2.75, 3.05) is 0 Å². The third-order valence-corrected chi connectivity index (χ3v) is 4.73. The summed E-state index contributed by atoms with van der Waals surface area (Å²) in [6, 6.07) is 0. The van der Waals surface area contributed by atoms with Crippen LogP contribution in [0.2, 0.25) is 0 Å². The Hall–Kier alpha value is -2.36. The number of allylic oxidation sites excluding steroid dienone is 9. The van der Waals surface area contributed by atoms with Crippen LogP contribution >= 0.6 is 0 Å². The molecule has 1 aliphatic carbocycles. The van der Waals surface area contributed by atoms with Crippen molar-refractivity contribution in [3.63, 3.8) is 0 Å². The zero-order chi connectivity index (χ0) is 22.8. The number of carboxylic acid groups (broad SMARTS) is 2. The minimum atomic E-state index is -1.16. The van der Waals surface area contributed by atoms with Gasteiger partial charge < -0.3 is 19.8 Å². The molecule has 1 aliphatic rings. The van der Waals surface area contributed by atoms with Gasteiger partial charge in [0, 0.05) is 11.4 Å². The maximum Gasteiger partial charge on any atom is 0.0645 e. The van der Waals surface area contributed by atoms with Gasteiger partial charge in [-0.15, -0.1) is 0 Å². The third kappa shape index (κ3) is 11.3. The van der Waals surface area contributed by atoms with Crippen LogP contribution in [0.15, 0.2) is 58.7 Å². The van der Waals surface area contributed by atoms with Crippen molar-refractivity contribution in [3.8, 4) is 0 Å². The summed E-state index contributed by atoms with van der Waals surface area (Å²) < 4.78 is 0. The van der Waals surface area contributed by atoms with Gasteiger partial charge in [0.05, 0.1) is 5.97 Å². The molecule has 29 heavy (non-hydrogen) atoms. The van der Waals surface area contributed by atoms with Crippen molar-refractivity contribution in [1.82, 2.24) is 0 Å². The van der Waals surface area contributed by atoms with E-state index in [0.29, 0.717) is 5.57 Å². The number of rotatable bonds is 5. The van der Waals surface area contributed by atoms with E-state index in [1.165, 1.54) is 30.4 Å². The lowest BCUT2D eigenvalue weighted by atomic mass is 9.72. The molecule has 0 N–H and O–H groups in total. The highest BCUT2D eigenvalue weighted by atomic mass is 16.4. The zero-order valence-corrected chi connectivity index (χ0v) is 19.2. The largest absolute Gasteiger partial charge is 0.550 e. The predicted molar refractivity (Wildman–Crippen MR) is 116 cm³/mol. The highest BCUT2D eigenvalue weighted by molar-refractivity contribution is 5.79. The molecule has 0 aromatic rings. The maximum atomic E-state index is 10.4. The highest BCUT2D eigenvalue weighted by Crippen LogP contribution is 2.40. The summed E-state index contributed by atoms with van der Waals surface area (Å²) >= 11 is 0. The third-order valence-electron chi connectivity index (χ3n) is 4.73. The molecule has 0 atom stereocenters. The summed E-state index contributed by atoms with van der Waals surface area (Å²) in [5.41, 5.74) is 4.30. The van der Waals surface area contributed by atoms with Crippen molar-refractivity contribution in [2.24, 2.45) is 10.8 Å². The zero-order valence-electron chi connectivity index (χ0n) is 19.2. The average Bonchev–Trinajstić information content (AvgIpc) is 2.52. The van der Waals surface area contributed by atoms with Crippen molar-refractivity contribution in [1.29, 1.82) is 0 Å². The minimum Gasteiger partial charge on any atom is -0.550 e. The molecule has 0 saturated carbocycles. The number of carboxylic acids is 2. The number of carbonyl (C=O) groups is 2. The molecule has 0 spiro atoms. The highest BCUT2D eigenvalue weighted by Gasteiger charge is 2.26. The van der Waals surface area contributed by atoms with E-state index < -0.39 is 17.4 Å². The van der Waals surface area contributed by atoms with Gasteiger partial charge in [-0.2, -0.15) is 0 Å². The smallest absolute Gasteiger partial charge is 0.0645 e. The van der Waals surface area contributed by atoms with Crippen LogP contribution < -0.4 is 10.2 Å². The van der Waals surface area contributed by atoms with Crippen LogP contribution in [0.3, 0.4) is 0 Å². The van der Waals surface area contributed by atoms with E-state index in [1.807, 2.05) is 19.1 Å². The van der Waals surface area contributed by atoms with Gasteiger partial charge in [-0.1, -0.05) is 76.1 Å². The topological polar surface area (TPSA) is 80.3 Å². The van der Waals surface area contributed by atoms with E-state index in [-0.39, 0.29) is 5.41 Å². The van der Waals surface area contributed by atoms with Gasteiger partial charge in [-0.05, 0) is 62.7 Å². The lowest BCUT2D eigenvalue weighted by molar-refractivity contribution is -0.316. The predicted octanol–water partition coefficient (Wildman–Crippen LogP) is 4.05. The van der Waals surface area contributed by atoms with Crippen molar-refractivity contribution in [2.45, 2.75) is 74.7 Å². The molecule has 0 aromatic heterocycles. The molecule has 4 heteroatoms. The fraction of sp³-hybridized carbons (Fsp3) is 0.520. The summed E-state index contributed by atoms with van der Waals surface area (Å²) in [5.74, 6) is -2.17. The van der Waals surface area contributed by atoms with E-state index >= 15 is 0 Å². The van der Waals surface area contributed by atoms with Crippen molar-refractivity contribution >= 4 is 11.9 Å². The molecular weight excluding hydrogens is 364 g/mol. The van der Waals surface area contributed by atoms with E-state index in [4.69, 9.17) is 0 Å². The SMILES string of the molecule is CC(C)(C)C(=O)[O-].CC1=C(/C=C/C(C)=C/C=C/C(C)=C/C(=O)[O-])C(C)(C)CCC1. The molecule has 0 unspecified atom stereocenters. The van der Waals surface area contributed by atoms with Crippen LogP contribution in [0, 0.1) is 10.8 Å². The van der Waals surface area contributed by atoms with E-state index in [9.17, 15) is 19.8 Å². The molecule has 1 rings (SSSR count). The van der Waals surface area contributed by atoms with Gasteiger partial charge in [0.25, 0.3) is 0 Å². The number of hydrogen-bond donors (Lipinski definition) is 0. The lowest BCUT2D eigenvalue weighted by Crippen LogP contribution is -2.35. The minimum absolute atomic E-state index is 0.253. The maximum absolute atomic E-state index is 10.4. The second kappa shape index (κ2) is 11.6. The van der Waals surface area contributed by atoms with Gasteiger partial charge >= 0.3 is 0 Å². The van der Waals surface area contributed by atoms with Crippen LogP contribution in [-0.2, 0) is 9.59 Å². The second-order valence-electron chi connectivity index (χ2n) is 9.28.